The van der Waals surface area contributed by atoms with Gasteiger partial charge in [0.1, 0.15) is 18.2 Å². The van der Waals surface area contributed by atoms with Crippen LogP contribution in [0.4, 0.5) is 4.39 Å². The van der Waals surface area contributed by atoms with Crippen molar-refractivity contribution < 1.29 is 58.8 Å². The molecule has 3 aromatic rings. The fourth-order valence-electron chi connectivity index (χ4n) is 3.74. The summed E-state index contributed by atoms with van der Waals surface area (Å²) in [7, 11) is 0. The predicted octanol–water partition coefficient (Wildman–Crippen LogP) is 0.859. The Morgan fingerprint density at radius 2 is 1.86 bits per heavy atom. The van der Waals surface area contributed by atoms with Crippen LogP contribution in [-0.4, -0.2) is 33.4 Å². The van der Waals surface area contributed by atoms with Gasteiger partial charge in [-0.25, -0.2) is 4.39 Å². The third-order valence-electron chi connectivity index (χ3n) is 5.48. The van der Waals surface area contributed by atoms with E-state index in [2.05, 4.69) is 4.98 Å². The van der Waals surface area contributed by atoms with Crippen LogP contribution in [-0.2, 0) is 11.4 Å². The van der Waals surface area contributed by atoms with E-state index in [9.17, 15) is 24.5 Å². The van der Waals surface area contributed by atoms with E-state index in [1.807, 2.05) is 44.2 Å². The van der Waals surface area contributed by atoms with E-state index >= 15 is 0 Å². The normalized spacial score (nSPS) is 12.8. The molecule has 0 fully saturated rings. The third-order valence-corrected chi connectivity index (χ3v) is 5.48. The smallest absolute Gasteiger partial charge is 0.550 e. The Morgan fingerprint density at radius 1 is 1.14 bits per heavy atom. The van der Waals surface area contributed by atoms with Crippen LogP contribution in [0.25, 0.3) is 17.2 Å². The van der Waals surface area contributed by atoms with E-state index < -0.39 is 24.6 Å². The number of rotatable bonds is 11. The van der Waals surface area contributed by atoms with Gasteiger partial charge in [0.2, 0.25) is 0 Å². The fraction of sp³-hybridized carbons (Fsp3) is 0.286. The van der Waals surface area contributed by atoms with Crippen molar-refractivity contribution in [2.75, 3.05) is 0 Å². The van der Waals surface area contributed by atoms with Crippen LogP contribution < -0.4 is 39.4 Å². The first-order chi connectivity index (χ1) is 16.7. The van der Waals surface area contributed by atoms with Gasteiger partial charge in [-0.1, -0.05) is 44.2 Å². The number of halogens is 1. The second kappa shape index (κ2) is 14.3. The van der Waals surface area contributed by atoms with Crippen molar-refractivity contribution in [3.05, 3.63) is 89.5 Å². The molecule has 184 valence electrons. The maximum Gasteiger partial charge on any atom is 1.00 e. The molecule has 0 amide bonds. The van der Waals surface area contributed by atoms with Crippen molar-refractivity contribution in [2.45, 2.75) is 51.4 Å². The van der Waals surface area contributed by atoms with Gasteiger partial charge in [0.25, 0.3) is 0 Å². The number of carbonyl (C=O) groups excluding carboxylic acids is 1. The summed E-state index contributed by atoms with van der Waals surface area (Å²) in [4.78, 5) is 15.0. The molecule has 0 saturated heterocycles. The number of hydrogen-bond acceptors (Lipinski definition) is 6. The summed E-state index contributed by atoms with van der Waals surface area (Å²) in [6.45, 7) is 4.35. The average Bonchev–Trinajstić information content (AvgIpc) is 2.81. The van der Waals surface area contributed by atoms with Crippen molar-refractivity contribution in [2.24, 2.45) is 0 Å². The number of nitrogens with zero attached hydrogens (tertiary/aromatic N) is 1. The summed E-state index contributed by atoms with van der Waals surface area (Å²) in [6, 6.07) is 15.5. The number of pyridine rings is 1. The molecule has 2 unspecified atom stereocenters. The molecule has 0 bridgehead atoms. The van der Waals surface area contributed by atoms with Crippen LogP contribution in [0, 0.1) is 5.82 Å². The predicted molar refractivity (Wildman–Crippen MR) is 130 cm³/mol. The molecule has 6 nitrogen and oxygen atoms in total. The number of carboxylic acids is 1. The first-order valence-electron chi connectivity index (χ1n) is 11.4. The monoisotopic (exact) mass is 501 g/mol. The van der Waals surface area contributed by atoms with Crippen molar-refractivity contribution in [3.8, 4) is 16.9 Å². The van der Waals surface area contributed by atoms with Crippen LogP contribution in [0.15, 0.2) is 66.9 Å². The molecule has 2 aromatic carbocycles. The van der Waals surface area contributed by atoms with Gasteiger partial charge in [-0.15, -0.1) is 0 Å². The number of ether oxygens (including phenoxy) is 1. The zero-order valence-electron chi connectivity index (χ0n) is 20.7. The van der Waals surface area contributed by atoms with Gasteiger partial charge < -0.3 is 24.9 Å². The summed E-state index contributed by atoms with van der Waals surface area (Å²) in [5.74, 6) is -1.01. The van der Waals surface area contributed by atoms with Crippen LogP contribution in [0.2, 0.25) is 0 Å². The Morgan fingerprint density at radius 3 is 2.47 bits per heavy atom. The molecular formula is C28H29FNNaO5. The quantitative estimate of drug-likeness (QED) is 0.378. The molecule has 3 rings (SSSR count). The zero-order chi connectivity index (χ0) is 25.4. The molecular weight excluding hydrogens is 472 g/mol. The van der Waals surface area contributed by atoms with Crippen molar-refractivity contribution in [3.63, 3.8) is 0 Å². The molecule has 2 N–H and O–H groups in total. The topological polar surface area (TPSA) is 103 Å². The minimum Gasteiger partial charge on any atom is -0.550 e. The molecule has 8 heteroatoms. The minimum absolute atomic E-state index is 0. The zero-order valence-corrected chi connectivity index (χ0v) is 22.7. The van der Waals surface area contributed by atoms with Crippen LogP contribution in [0.1, 0.15) is 49.4 Å². The van der Waals surface area contributed by atoms with Gasteiger partial charge in [-0.2, -0.15) is 0 Å². The second-order valence-corrected chi connectivity index (χ2v) is 8.64. The number of carboxylic acid groups (broad SMARTS) is 1. The number of benzene rings is 2. The molecule has 0 spiro atoms. The maximum absolute atomic E-state index is 13.6. The van der Waals surface area contributed by atoms with Gasteiger partial charge in [-0.3, -0.25) is 4.98 Å². The van der Waals surface area contributed by atoms with E-state index in [4.69, 9.17) is 4.74 Å². The summed E-state index contributed by atoms with van der Waals surface area (Å²) in [5.41, 5.74) is 4.09. The number of hydrogen-bond donors (Lipinski definition) is 2. The number of aliphatic carboxylic acids is 1. The first-order valence-corrected chi connectivity index (χ1v) is 11.4. The van der Waals surface area contributed by atoms with E-state index in [0.29, 0.717) is 5.75 Å². The van der Waals surface area contributed by atoms with Gasteiger partial charge in [0.05, 0.1) is 17.9 Å². The Kier molecular flexibility index (Phi) is 11.8. The molecule has 0 radical (unpaired) electrons. The Balaban J connectivity index is 0.00000456. The van der Waals surface area contributed by atoms with Crippen LogP contribution in [0.3, 0.4) is 0 Å². The van der Waals surface area contributed by atoms with E-state index in [1.54, 1.807) is 24.4 Å². The molecule has 1 aromatic heterocycles. The number of aliphatic hydroxyl groups excluding tert-OH is 2. The van der Waals surface area contributed by atoms with Gasteiger partial charge in [-0.05, 0) is 64.6 Å². The van der Waals surface area contributed by atoms with Crippen molar-refractivity contribution in [1.29, 1.82) is 0 Å². The summed E-state index contributed by atoms with van der Waals surface area (Å²) in [5, 5.41) is 30.8. The molecule has 1 heterocycles. The second-order valence-electron chi connectivity index (χ2n) is 8.64. The van der Waals surface area contributed by atoms with Gasteiger partial charge >= 0.3 is 29.6 Å². The molecule has 0 aliphatic heterocycles. The van der Waals surface area contributed by atoms with E-state index in [1.165, 1.54) is 18.2 Å². The van der Waals surface area contributed by atoms with E-state index in [0.717, 1.165) is 27.9 Å². The van der Waals surface area contributed by atoms with Crippen molar-refractivity contribution >= 4 is 12.0 Å². The van der Waals surface area contributed by atoms with E-state index in [-0.39, 0.29) is 54.3 Å². The van der Waals surface area contributed by atoms with Crippen molar-refractivity contribution in [1.82, 2.24) is 4.98 Å². The Labute approximate surface area is 232 Å². The van der Waals surface area contributed by atoms with Crippen LogP contribution >= 0.6 is 0 Å². The number of aromatic nitrogens is 1. The largest absolute Gasteiger partial charge is 1.00 e. The van der Waals surface area contributed by atoms with Gasteiger partial charge in [0, 0.05) is 25.0 Å². The first kappa shape index (κ1) is 29.7. The number of carbonyl (C=O) groups is 1. The average molecular weight is 502 g/mol. The molecule has 0 aliphatic rings. The fourth-order valence-corrected chi connectivity index (χ4v) is 3.74. The third kappa shape index (κ3) is 8.84. The molecule has 0 saturated carbocycles. The standard InChI is InChI=1S/C28H30FNO5.Na/c1-18(2)26-15-24(35-17-21-5-3-4-12-30-21)16-27(19-6-8-20(29)9-7-19)25(26)11-10-22(31)13-23(32)14-28(33)34;/h3-12,15-16,18,22-23,31-32H,13-14,17H2,1-2H3,(H,33,34);/q;+1/p-1/b11-10+;. The summed E-state index contributed by atoms with van der Waals surface area (Å²) < 4.78 is 19.6. The van der Waals surface area contributed by atoms with Gasteiger partial charge in [0.15, 0.2) is 0 Å². The summed E-state index contributed by atoms with van der Waals surface area (Å²) >= 11 is 0. The minimum atomic E-state index is -1.38. The molecule has 0 aliphatic carbocycles. The number of aliphatic hydroxyl groups is 2. The summed E-state index contributed by atoms with van der Waals surface area (Å²) in [6.07, 6.45) is 1.98. The Hall–Kier alpha value is -2.55. The molecule has 36 heavy (non-hydrogen) atoms. The Bertz CT molecular complexity index is 1150. The maximum atomic E-state index is 13.6. The SMILES string of the molecule is CC(C)c1cc(OCc2ccccn2)cc(-c2ccc(F)cc2)c1/C=C/C(O)CC(O)CC(=O)[O-].[Na+]. The van der Waals surface area contributed by atoms with Crippen LogP contribution in [0.5, 0.6) is 5.75 Å². The molecule has 2 atom stereocenters.